The number of benzene rings is 2. The van der Waals surface area contributed by atoms with Crippen molar-refractivity contribution in [2.45, 2.75) is 44.2 Å². The van der Waals surface area contributed by atoms with Crippen molar-refractivity contribution in [3.63, 3.8) is 0 Å². The van der Waals surface area contributed by atoms with Crippen LogP contribution in [0.2, 0.25) is 0 Å². The van der Waals surface area contributed by atoms with Gasteiger partial charge in [0.25, 0.3) is 5.91 Å². The van der Waals surface area contributed by atoms with Gasteiger partial charge in [0.2, 0.25) is 0 Å². The Bertz CT molecular complexity index is 959. The summed E-state index contributed by atoms with van der Waals surface area (Å²) in [5.74, 6) is 0.625. The lowest BCUT2D eigenvalue weighted by Gasteiger charge is -2.38. The van der Waals surface area contributed by atoms with E-state index in [1.807, 2.05) is 18.2 Å². The third kappa shape index (κ3) is 4.97. The second kappa shape index (κ2) is 9.65. The van der Waals surface area contributed by atoms with Crippen LogP contribution in [0.3, 0.4) is 0 Å². The monoisotopic (exact) mass is 446 g/mol. The summed E-state index contributed by atoms with van der Waals surface area (Å²) in [6.07, 6.45) is 4.96. The van der Waals surface area contributed by atoms with E-state index in [-0.39, 0.29) is 11.9 Å². The average molecular weight is 447 g/mol. The number of rotatable bonds is 6. The van der Waals surface area contributed by atoms with Crippen LogP contribution in [0.5, 0.6) is 0 Å². The second-order valence-corrected chi connectivity index (χ2v) is 9.94. The summed E-state index contributed by atoms with van der Waals surface area (Å²) in [6.45, 7) is 4.62. The van der Waals surface area contributed by atoms with Gasteiger partial charge in [-0.1, -0.05) is 60.7 Å². The first kappa shape index (κ1) is 22.1. The van der Waals surface area contributed by atoms with E-state index in [0.29, 0.717) is 19.1 Å². The molecule has 174 valence electrons. The first-order valence-electron chi connectivity index (χ1n) is 12.3. The first-order valence-corrected chi connectivity index (χ1v) is 12.3. The highest BCUT2D eigenvalue weighted by Crippen LogP contribution is 2.30. The van der Waals surface area contributed by atoms with E-state index >= 15 is 0 Å². The zero-order chi connectivity index (χ0) is 22.7. The summed E-state index contributed by atoms with van der Waals surface area (Å²) in [6, 6.07) is 20.8. The fourth-order valence-electron chi connectivity index (χ4n) is 5.68. The number of amides is 3. The van der Waals surface area contributed by atoms with Gasteiger partial charge in [0.15, 0.2) is 0 Å². The quantitative estimate of drug-likeness (QED) is 0.691. The van der Waals surface area contributed by atoms with Crippen LogP contribution in [0.15, 0.2) is 60.7 Å². The van der Waals surface area contributed by atoms with E-state index in [4.69, 9.17) is 0 Å². The molecule has 3 saturated heterocycles. The van der Waals surface area contributed by atoms with Gasteiger partial charge in [-0.25, -0.2) is 9.69 Å². The van der Waals surface area contributed by atoms with E-state index in [0.717, 1.165) is 58.3 Å². The summed E-state index contributed by atoms with van der Waals surface area (Å²) in [7, 11) is 0. The number of urea groups is 1. The minimum atomic E-state index is -0.768. The molecule has 33 heavy (non-hydrogen) atoms. The van der Waals surface area contributed by atoms with Gasteiger partial charge in [0.1, 0.15) is 5.54 Å². The van der Waals surface area contributed by atoms with Gasteiger partial charge in [0, 0.05) is 26.2 Å². The van der Waals surface area contributed by atoms with Crippen LogP contribution in [-0.2, 0) is 17.8 Å². The van der Waals surface area contributed by atoms with E-state index in [2.05, 4.69) is 57.6 Å². The van der Waals surface area contributed by atoms with Gasteiger partial charge < -0.3 is 5.32 Å². The molecule has 5 rings (SSSR count). The summed E-state index contributed by atoms with van der Waals surface area (Å²) >= 11 is 0. The van der Waals surface area contributed by atoms with Gasteiger partial charge in [-0.2, -0.15) is 0 Å². The average Bonchev–Trinajstić information content (AvgIpc) is 3.05. The molecule has 3 amide bonds. The topological polar surface area (TPSA) is 55.9 Å². The van der Waals surface area contributed by atoms with E-state index in [9.17, 15) is 9.59 Å². The Morgan fingerprint density at radius 2 is 1.52 bits per heavy atom. The molecule has 0 radical (unpaired) electrons. The number of hydrogen-bond acceptors (Lipinski definition) is 4. The molecular weight excluding hydrogens is 412 g/mol. The highest BCUT2D eigenvalue weighted by Gasteiger charge is 2.53. The van der Waals surface area contributed by atoms with Crippen LogP contribution in [0.4, 0.5) is 4.79 Å². The van der Waals surface area contributed by atoms with E-state index in [1.165, 1.54) is 16.0 Å². The van der Waals surface area contributed by atoms with Gasteiger partial charge in [0.05, 0.1) is 6.67 Å². The van der Waals surface area contributed by atoms with Crippen LogP contribution in [0.25, 0.3) is 0 Å². The number of carbonyl (C=O) groups excluding carboxylic acids is 2. The molecule has 0 bridgehead atoms. The minimum absolute atomic E-state index is 0.0447. The molecule has 3 heterocycles. The Hall–Kier alpha value is -2.70. The molecule has 1 N–H and O–H groups in total. The van der Waals surface area contributed by atoms with Crippen molar-refractivity contribution in [3.8, 4) is 0 Å². The lowest BCUT2D eigenvalue weighted by atomic mass is 9.88. The number of hydrogen-bond donors (Lipinski definition) is 1. The van der Waals surface area contributed by atoms with Crippen molar-refractivity contribution >= 4 is 11.9 Å². The number of piperidine rings is 2. The van der Waals surface area contributed by atoms with Crippen molar-refractivity contribution in [1.29, 1.82) is 0 Å². The lowest BCUT2D eigenvalue weighted by Crippen LogP contribution is -2.58. The highest BCUT2D eigenvalue weighted by molar-refractivity contribution is 6.07. The molecule has 1 unspecified atom stereocenters. The Kier molecular flexibility index (Phi) is 6.47. The van der Waals surface area contributed by atoms with Crippen LogP contribution < -0.4 is 5.32 Å². The standard InChI is InChI=1S/C27H34N4O2/c32-25-27(14-7-15-30(20-27)19-24-10-5-2-6-11-24)28-26(33)31(25)21-29-16-12-23(13-17-29)18-22-8-3-1-4-9-22/h1-6,8-11,23H,7,12-21H2,(H,28,33). The third-order valence-corrected chi connectivity index (χ3v) is 7.48. The number of carbonyl (C=O) groups is 2. The van der Waals surface area contributed by atoms with Crippen molar-refractivity contribution in [3.05, 3.63) is 71.8 Å². The number of likely N-dealkylation sites (tertiary alicyclic amines) is 2. The van der Waals surface area contributed by atoms with Gasteiger partial charge in [-0.3, -0.25) is 14.6 Å². The molecule has 0 aromatic heterocycles. The van der Waals surface area contributed by atoms with Gasteiger partial charge in [-0.15, -0.1) is 0 Å². The molecule has 3 aliphatic rings. The highest BCUT2D eigenvalue weighted by atomic mass is 16.2. The third-order valence-electron chi connectivity index (χ3n) is 7.48. The molecule has 0 saturated carbocycles. The summed E-state index contributed by atoms with van der Waals surface area (Å²) in [5.41, 5.74) is 1.86. The molecule has 6 nitrogen and oxygen atoms in total. The summed E-state index contributed by atoms with van der Waals surface area (Å²) in [4.78, 5) is 32.3. The van der Waals surface area contributed by atoms with Crippen molar-refractivity contribution < 1.29 is 9.59 Å². The van der Waals surface area contributed by atoms with Crippen LogP contribution >= 0.6 is 0 Å². The lowest BCUT2D eigenvalue weighted by molar-refractivity contribution is -0.135. The van der Waals surface area contributed by atoms with Crippen LogP contribution in [0, 0.1) is 5.92 Å². The number of nitrogens with zero attached hydrogens (tertiary/aromatic N) is 3. The molecule has 6 heteroatoms. The number of imide groups is 1. The maximum Gasteiger partial charge on any atom is 0.326 e. The van der Waals surface area contributed by atoms with Crippen LogP contribution in [-0.4, -0.2) is 65.0 Å². The van der Waals surface area contributed by atoms with Gasteiger partial charge in [-0.05, 0) is 55.7 Å². The zero-order valence-corrected chi connectivity index (χ0v) is 19.3. The normalized spacial score (nSPS) is 25.0. The molecule has 1 spiro atoms. The molecule has 3 aliphatic heterocycles. The van der Waals surface area contributed by atoms with Gasteiger partial charge >= 0.3 is 6.03 Å². The number of nitrogens with one attached hydrogen (secondary N) is 1. The summed E-state index contributed by atoms with van der Waals surface area (Å²) < 4.78 is 0. The smallest absolute Gasteiger partial charge is 0.322 e. The predicted octanol–water partition coefficient (Wildman–Crippen LogP) is 3.49. The molecule has 2 aromatic rings. The minimum Gasteiger partial charge on any atom is -0.322 e. The fourth-order valence-corrected chi connectivity index (χ4v) is 5.68. The van der Waals surface area contributed by atoms with E-state index in [1.54, 1.807) is 0 Å². The van der Waals surface area contributed by atoms with Crippen molar-refractivity contribution in [1.82, 2.24) is 20.0 Å². The van der Waals surface area contributed by atoms with Crippen molar-refractivity contribution in [2.75, 3.05) is 32.8 Å². The molecule has 3 fully saturated rings. The van der Waals surface area contributed by atoms with Crippen LogP contribution in [0.1, 0.15) is 36.8 Å². The fraction of sp³-hybridized carbons (Fsp3) is 0.481. The second-order valence-electron chi connectivity index (χ2n) is 9.94. The Balaban J connectivity index is 1.16. The summed E-state index contributed by atoms with van der Waals surface area (Å²) in [5, 5.41) is 3.09. The zero-order valence-electron chi connectivity index (χ0n) is 19.3. The molecule has 1 atom stereocenters. The molecule has 2 aromatic carbocycles. The largest absolute Gasteiger partial charge is 0.326 e. The molecular formula is C27H34N4O2. The Morgan fingerprint density at radius 1 is 0.848 bits per heavy atom. The predicted molar refractivity (Wildman–Crippen MR) is 128 cm³/mol. The Morgan fingerprint density at radius 3 is 2.21 bits per heavy atom. The van der Waals surface area contributed by atoms with Crippen molar-refractivity contribution in [2.24, 2.45) is 5.92 Å². The molecule has 0 aliphatic carbocycles. The maximum absolute atomic E-state index is 13.5. The Labute approximate surface area is 196 Å². The van der Waals surface area contributed by atoms with E-state index < -0.39 is 5.54 Å². The SMILES string of the molecule is O=C1NC2(CCCN(Cc3ccccc3)C2)C(=O)N1CN1CCC(Cc2ccccc2)CC1. The first-order chi connectivity index (χ1) is 16.1. The maximum atomic E-state index is 13.5.